The van der Waals surface area contributed by atoms with Crippen LogP contribution < -0.4 is 10.5 Å². The highest BCUT2D eigenvalue weighted by Crippen LogP contribution is 2.26. The highest BCUT2D eigenvalue weighted by molar-refractivity contribution is 5.99. The van der Waals surface area contributed by atoms with Gasteiger partial charge in [-0.05, 0) is 12.1 Å². The van der Waals surface area contributed by atoms with Gasteiger partial charge in [-0.1, -0.05) is 12.1 Å². The molecule has 18 heavy (non-hydrogen) atoms. The van der Waals surface area contributed by atoms with Gasteiger partial charge in [0, 0.05) is 12.4 Å². The van der Waals surface area contributed by atoms with E-state index >= 15 is 0 Å². The van der Waals surface area contributed by atoms with E-state index in [-0.39, 0.29) is 12.1 Å². The molecule has 0 N–H and O–H groups in total. The lowest BCUT2D eigenvalue weighted by Crippen LogP contribution is -2.22. The molecule has 0 bridgehead atoms. The summed E-state index contributed by atoms with van der Waals surface area (Å²) < 4.78 is 5.06. The van der Waals surface area contributed by atoms with E-state index in [1.165, 1.54) is 0 Å². The molecule has 2 aromatic rings. The Balaban J connectivity index is 2.85. The van der Waals surface area contributed by atoms with Gasteiger partial charge in [0.05, 0.1) is 11.8 Å². The van der Waals surface area contributed by atoms with Crippen LogP contribution >= 0.6 is 0 Å². The van der Waals surface area contributed by atoms with Gasteiger partial charge in [0.15, 0.2) is 6.29 Å². The van der Waals surface area contributed by atoms with Gasteiger partial charge in [-0.15, -0.1) is 0 Å². The first-order valence-corrected chi connectivity index (χ1v) is 5.28. The first-order valence-electron chi connectivity index (χ1n) is 5.28. The maximum atomic E-state index is 11.7. The molecular formula is C13H10N2O3. The number of carbonyl (C=O) groups excluding carboxylic acids is 1. The smallest absolute Gasteiger partial charge is 0.349 e. The molecule has 1 aromatic carbocycles. The van der Waals surface area contributed by atoms with Crippen molar-refractivity contribution in [3.63, 3.8) is 0 Å². The van der Waals surface area contributed by atoms with Crippen molar-refractivity contribution in [3.8, 4) is 6.07 Å². The second kappa shape index (κ2) is 4.72. The zero-order valence-corrected chi connectivity index (χ0v) is 9.71. The molecular weight excluding hydrogens is 232 g/mol. The Morgan fingerprint density at radius 1 is 1.44 bits per heavy atom. The number of hydrogen-bond acceptors (Lipinski definition) is 5. The minimum absolute atomic E-state index is 0.0635. The molecule has 0 aliphatic rings. The van der Waals surface area contributed by atoms with Crippen LogP contribution in [0.2, 0.25) is 0 Å². The summed E-state index contributed by atoms with van der Waals surface area (Å²) in [4.78, 5) is 24.3. The number of nitrogens with zero attached hydrogens (tertiary/aromatic N) is 2. The number of carbonyl (C=O) groups is 1. The predicted molar refractivity (Wildman–Crippen MR) is 66.8 cm³/mol. The van der Waals surface area contributed by atoms with Gasteiger partial charge in [0.1, 0.15) is 17.7 Å². The molecule has 0 saturated carbocycles. The second-order valence-corrected chi connectivity index (χ2v) is 3.78. The Labute approximate surface area is 103 Å². The average Bonchev–Trinajstić information content (AvgIpc) is 2.37. The number of benzene rings is 1. The van der Waals surface area contributed by atoms with Crippen molar-refractivity contribution in [1.82, 2.24) is 0 Å². The SMILES string of the molecule is CN(CC#N)c1c(C=O)c(=O)oc2ccccc12. The molecule has 5 heteroatoms. The lowest BCUT2D eigenvalue weighted by Gasteiger charge is -2.18. The summed E-state index contributed by atoms with van der Waals surface area (Å²) in [5, 5.41) is 9.36. The van der Waals surface area contributed by atoms with E-state index in [0.29, 0.717) is 22.9 Å². The topological polar surface area (TPSA) is 74.3 Å². The van der Waals surface area contributed by atoms with Crippen molar-refractivity contribution in [2.75, 3.05) is 18.5 Å². The molecule has 90 valence electrons. The molecule has 0 fully saturated rings. The van der Waals surface area contributed by atoms with Gasteiger partial charge in [0.25, 0.3) is 0 Å². The molecule has 0 saturated heterocycles. The third-order valence-electron chi connectivity index (χ3n) is 2.63. The summed E-state index contributed by atoms with van der Waals surface area (Å²) in [7, 11) is 1.65. The van der Waals surface area contributed by atoms with E-state index in [4.69, 9.17) is 9.68 Å². The fourth-order valence-corrected chi connectivity index (χ4v) is 1.85. The van der Waals surface area contributed by atoms with Crippen LogP contribution in [0.5, 0.6) is 0 Å². The van der Waals surface area contributed by atoms with Crippen molar-refractivity contribution < 1.29 is 9.21 Å². The number of para-hydroxylation sites is 1. The Morgan fingerprint density at radius 2 is 2.17 bits per heavy atom. The maximum absolute atomic E-state index is 11.7. The number of nitriles is 1. The van der Waals surface area contributed by atoms with Crippen LogP contribution in [0.3, 0.4) is 0 Å². The maximum Gasteiger partial charge on any atom is 0.349 e. The summed E-state index contributed by atoms with van der Waals surface area (Å²) in [6, 6.07) is 8.89. The molecule has 0 atom stereocenters. The lowest BCUT2D eigenvalue weighted by atomic mass is 10.1. The standard InChI is InChI=1S/C13H10N2O3/c1-15(7-6-14)12-9-4-2-3-5-11(9)18-13(17)10(12)8-16/h2-5,8H,7H2,1H3. The summed E-state index contributed by atoms with van der Waals surface area (Å²) in [5.41, 5.74) is 0.0706. The molecule has 0 unspecified atom stereocenters. The number of fused-ring (bicyclic) bond motifs is 1. The fraction of sp³-hybridized carbons (Fsp3) is 0.154. The number of anilines is 1. The molecule has 0 radical (unpaired) electrons. The van der Waals surface area contributed by atoms with Gasteiger partial charge >= 0.3 is 5.63 Å². The van der Waals surface area contributed by atoms with E-state index in [2.05, 4.69) is 0 Å². The molecule has 1 heterocycles. The van der Waals surface area contributed by atoms with Crippen LogP contribution in [0.1, 0.15) is 10.4 Å². The van der Waals surface area contributed by atoms with Gasteiger partial charge in [0.2, 0.25) is 0 Å². The average molecular weight is 242 g/mol. The summed E-state index contributed by atoms with van der Waals surface area (Å²) >= 11 is 0. The van der Waals surface area contributed by atoms with Crippen molar-refractivity contribution in [3.05, 3.63) is 40.2 Å². The highest BCUT2D eigenvalue weighted by atomic mass is 16.4. The van der Waals surface area contributed by atoms with E-state index in [0.717, 1.165) is 0 Å². The molecule has 1 aromatic heterocycles. The van der Waals surface area contributed by atoms with E-state index in [9.17, 15) is 9.59 Å². The predicted octanol–water partition coefficient (Wildman–Crippen LogP) is 1.57. The summed E-state index contributed by atoms with van der Waals surface area (Å²) in [6.45, 7) is 0.0777. The molecule has 0 aliphatic carbocycles. The quantitative estimate of drug-likeness (QED) is 0.464. The zero-order chi connectivity index (χ0) is 13.1. The van der Waals surface area contributed by atoms with Gasteiger partial charge in [-0.25, -0.2) is 4.79 Å². The van der Waals surface area contributed by atoms with E-state index in [1.807, 2.05) is 6.07 Å². The van der Waals surface area contributed by atoms with E-state index < -0.39 is 5.63 Å². The number of hydrogen-bond donors (Lipinski definition) is 0. The monoisotopic (exact) mass is 242 g/mol. The summed E-state index contributed by atoms with van der Waals surface area (Å²) in [5.74, 6) is 0. The third-order valence-corrected chi connectivity index (χ3v) is 2.63. The Kier molecular flexibility index (Phi) is 3.11. The van der Waals surface area contributed by atoms with Crippen LogP contribution in [-0.2, 0) is 0 Å². The minimum Gasteiger partial charge on any atom is -0.422 e. The first kappa shape index (κ1) is 11.9. The Bertz CT molecular complexity index is 697. The first-order chi connectivity index (χ1) is 8.69. The van der Waals surface area contributed by atoms with Crippen LogP contribution in [0.25, 0.3) is 11.0 Å². The van der Waals surface area contributed by atoms with E-state index in [1.54, 1.807) is 36.2 Å². The molecule has 0 amide bonds. The van der Waals surface area contributed by atoms with Crippen LogP contribution in [0.15, 0.2) is 33.5 Å². The van der Waals surface area contributed by atoms with Gasteiger partial charge < -0.3 is 9.32 Å². The molecule has 2 rings (SSSR count). The normalized spacial score (nSPS) is 10.0. The summed E-state index contributed by atoms with van der Waals surface area (Å²) in [6.07, 6.45) is 0.460. The molecule has 5 nitrogen and oxygen atoms in total. The van der Waals surface area contributed by atoms with Crippen LogP contribution in [0, 0.1) is 11.3 Å². The lowest BCUT2D eigenvalue weighted by molar-refractivity contribution is 0.112. The van der Waals surface area contributed by atoms with Gasteiger partial charge in [-0.3, -0.25) is 4.79 Å². The highest BCUT2D eigenvalue weighted by Gasteiger charge is 2.16. The molecule has 0 spiro atoms. The van der Waals surface area contributed by atoms with Crippen LogP contribution in [-0.4, -0.2) is 19.9 Å². The van der Waals surface area contributed by atoms with Crippen molar-refractivity contribution in [2.24, 2.45) is 0 Å². The Hall–Kier alpha value is -2.61. The van der Waals surface area contributed by atoms with Gasteiger partial charge in [-0.2, -0.15) is 5.26 Å². The fourth-order valence-electron chi connectivity index (χ4n) is 1.85. The van der Waals surface area contributed by atoms with Crippen molar-refractivity contribution in [1.29, 1.82) is 5.26 Å². The second-order valence-electron chi connectivity index (χ2n) is 3.78. The molecule has 0 aliphatic heterocycles. The minimum atomic E-state index is -0.691. The van der Waals surface area contributed by atoms with Crippen molar-refractivity contribution in [2.45, 2.75) is 0 Å². The Morgan fingerprint density at radius 3 is 2.83 bits per heavy atom. The number of rotatable bonds is 3. The van der Waals surface area contributed by atoms with Crippen LogP contribution in [0.4, 0.5) is 5.69 Å². The third kappa shape index (κ3) is 1.84. The largest absolute Gasteiger partial charge is 0.422 e. The number of aldehydes is 1. The van der Waals surface area contributed by atoms with Crippen molar-refractivity contribution >= 4 is 22.9 Å². The zero-order valence-electron chi connectivity index (χ0n) is 9.71.